The molecule has 0 bridgehead atoms. The van der Waals surface area contributed by atoms with Crippen LogP contribution in [0.4, 0.5) is 0 Å². The average Bonchev–Trinajstić information content (AvgIpc) is 2.40. The predicted octanol–water partition coefficient (Wildman–Crippen LogP) is 3.81. The van der Waals surface area contributed by atoms with E-state index in [9.17, 15) is 0 Å². The molecule has 1 saturated carbocycles. The van der Waals surface area contributed by atoms with Crippen LogP contribution in [0.2, 0.25) is 0 Å². The maximum Gasteiger partial charge on any atom is 0.123 e. The zero-order valence-electron chi connectivity index (χ0n) is 13.4. The first-order chi connectivity index (χ1) is 10.1. The van der Waals surface area contributed by atoms with Crippen LogP contribution < -0.4 is 10.1 Å². The highest BCUT2D eigenvalue weighted by Gasteiger charge is 2.38. The van der Waals surface area contributed by atoms with Gasteiger partial charge in [-0.1, -0.05) is 22.9 Å². The van der Waals surface area contributed by atoms with Gasteiger partial charge in [0.05, 0.1) is 6.61 Å². The standard InChI is InChI=1S/C17H27BrN2O/c1-4-10-21-16-7-6-15(18)11-14(16)12-19-13-17(20(2)3)8-5-9-17/h6-7,11,19H,4-5,8-10,12-13H2,1-3H3. The summed E-state index contributed by atoms with van der Waals surface area (Å²) >= 11 is 3.55. The molecule has 118 valence electrons. The van der Waals surface area contributed by atoms with Crippen molar-refractivity contribution in [1.82, 2.24) is 10.2 Å². The second-order valence-corrected chi connectivity index (χ2v) is 7.09. The van der Waals surface area contributed by atoms with Gasteiger partial charge in [-0.05, 0) is 58.0 Å². The number of hydrogen-bond acceptors (Lipinski definition) is 3. The van der Waals surface area contributed by atoms with E-state index in [-0.39, 0.29) is 0 Å². The van der Waals surface area contributed by atoms with Crippen LogP contribution in [0.3, 0.4) is 0 Å². The van der Waals surface area contributed by atoms with E-state index in [1.165, 1.54) is 24.8 Å². The summed E-state index contributed by atoms with van der Waals surface area (Å²) in [7, 11) is 4.38. The highest BCUT2D eigenvalue weighted by Crippen LogP contribution is 2.35. The molecule has 0 unspecified atom stereocenters. The first kappa shape index (κ1) is 16.8. The van der Waals surface area contributed by atoms with Gasteiger partial charge in [0.15, 0.2) is 0 Å². The fraction of sp³-hybridized carbons (Fsp3) is 0.647. The summed E-state index contributed by atoms with van der Waals surface area (Å²) in [5, 5.41) is 3.63. The third kappa shape index (κ3) is 4.21. The van der Waals surface area contributed by atoms with E-state index in [1.54, 1.807) is 0 Å². The van der Waals surface area contributed by atoms with Crippen molar-refractivity contribution in [3.8, 4) is 5.75 Å². The lowest BCUT2D eigenvalue weighted by molar-refractivity contribution is 0.0597. The lowest BCUT2D eigenvalue weighted by Crippen LogP contribution is -2.56. The van der Waals surface area contributed by atoms with Gasteiger partial charge in [0.25, 0.3) is 0 Å². The molecule has 0 heterocycles. The van der Waals surface area contributed by atoms with Gasteiger partial charge in [0.1, 0.15) is 5.75 Å². The Bertz CT molecular complexity index is 458. The van der Waals surface area contributed by atoms with E-state index in [2.05, 4.69) is 59.3 Å². The second-order valence-electron chi connectivity index (χ2n) is 6.18. The molecule has 0 aliphatic heterocycles. The van der Waals surface area contributed by atoms with Crippen molar-refractivity contribution in [3.63, 3.8) is 0 Å². The third-order valence-electron chi connectivity index (χ3n) is 4.49. The van der Waals surface area contributed by atoms with Gasteiger partial charge in [0, 0.05) is 28.7 Å². The molecule has 0 amide bonds. The van der Waals surface area contributed by atoms with Crippen molar-refractivity contribution in [2.24, 2.45) is 0 Å². The average molecular weight is 355 g/mol. The number of nitrogens with one attached hydrogen (secondary N) is 1. The fourth-order valence-electron chi connectivity index (χ4n) is 2.84. The van der Waals surface area contributed by atoms with Crippen molar-refractivity contribution in [2.45, 2.75) is 44.7 Å². The number of halogens is 1. The molecular weight excluding hydrogens is 328 g/mol. The number of hydrogen-bond donors (Lipinski definition) is 1. The van der Waals surface area contributed by atoms with E-state index in [1.807, 2.05) is 6.07 Å². The zero-order chi connectivity index (χ0) is 15.3. The Labute approximate surface area is 137 Å². The Morgan fingerprint density at radius 3 is 2.67 bits per heavy atom. The maximum atomic E-state index is 5.84. The van der Waals surface area contributed by atoms with Crippen molar-refractivity contribution in [3.05, 3.63) is 28.2 Å². The van der Waals surface area contributed by atoms with Gasteiger partial charge in [0.2, 0.25) is 0 Å². The SMILES string of the molecule is CCCOc1ccc(Br)cc1CNCC1(N(C)C)CCC1. The Balaban J connectivity index is 1.94. The summed E-state index contributed by atoms with van der Waals surface area (Å²) in [6, 6.07) is 6.25. The van der Waals surface area contributed by atoms with E-state index >= 15 is 0 Å². The minimum absolute atomic E-state index is 0.358. The molecule has 21 heavy (non-hydrogen) atoms. The van der Waals surface area contributed by atoms with Crippen LogP contribution in [0.5, 0.6) is 5.75 Å². The van der Waals surface area contributed by atoms with Gasteiger partial charge in [-0.15, -0.1) is 0 Å². The quantitative estimate of drug-likeness (QED) is 0.767. The van der Waals surface area contributed by atoms with E-state index in [0.29, 0.717) is 5.54 Å². The van der Waals surface area contributed by atoms with Crippen LogP contribution in [-0.2, 0) is 6.54 Å². The van der Waals surface area contributed by atoms with Crippen LogP contribution in [0.1, 0.15) is 38.2 Å². The highest BCUT2D eigenvalue weighted by molar-refractivity contribution is 9.10. The summed E-state index contributed by atoms with van der Waals surface area (Å²) in [5.74, 6) is 1.00. The third-order valence-corrected chi connectivity index (χ3v) is 4.98. The van der Waals surface area contributed by atoms with Crippen LogP contribution >= 0.6 is 15.9 Å². The Morgan fingerprint density at radius 1 is 1.33 bits per heavy atom. The summed E-state index contributed by atoms with van der Waals surface area (Å²) in [6.07, 6.45) is 4.98. The molecule has 0 radical (unpaired) electrons. The largest absolute Gasteiger partial charge is 0.493 e. The molecule has 3 nitrogen and oxygen atoms in total. The second kappa shape index (κ2) is 7.61. The first-order valence-electron chi connectivity index (χ1n) is 7.87. The molecule has 1 aromatic carbocycles. The van der Waals surface area contributed by atoms with Gasteiger partial charge in [-0.3, -0.25) is 0 Å². The van der Waals surface area contributed by atoms with Gasteiger partial charge in [-0.2, -0.15) is 0 Å². The van der Waals surface area contributed by atoms with Gasteiger partial charge >= 0.3 is 0 Å². The lowest BCUT2D eigenvalue weighted by atomic mass is 9.75. The van der Waals surface area contributed by atoms with Crippen molar-refractivity contribution in [2.75, 3.05) is 27.2 Å². The molecular formula is C17H27BrN2O. The summed E-state index contributed by atoms with van der Waals surface area (Å²) in [4.78, 5) is 2.37. The molecule has 1 aliphatic rings. The van der Waals surface area contributed by atoms with Crippen molar-refractivity contribution in [1.29, 1.82) is 0 Å². The van der Waals surface area contributed by atoms with Crippen LogP contribution in [0.25, 0.3) is 0 Å². The van der Waals surface area contributed by atoms with E-state index < -0.39 is 0 Å². The molecule has 0 aromatic heterocycles. The number of nitrogens with zero attached hydrogens (tertiary/aromatic N) is 1. The lowest BCUT2D eigenvalue weighted by Gasteiger charge is -2.47. The normalized spacial score (nSPS) is 16.8. The smallest absolute Gasteiger partial charge is 0.123 e. The highest BCUT2D eigenvalue weighted by atomic mass is 79.9. The van der Waals surface area contributed by atoms with Crippen molar-refractivity contribution < 1.29 is 4.74 Å². The molecule has 1 aromatic rings. The minimum atomic E-state index is 0.358. The van der Waals surface area contributed by atoms with Gasteiger partial charge in [-0.25, -0.2) is 0 Å². The topological polar surface area (TPSA) is 24.5 Å². The van der Waals surface area contributed by atoms with Gasteiger partial charge < -0.3 is 15.0 Å². The number of benzene rings is 1. The Morgan fingerprint density at radius 2 is 2.10 bits per heavy atom. The van der Waals surface area contributed by atoms with Crippen molar-refractivity contribution >= 4 is 15.9 Å². The monoisotopic (exact) mass is 354 g/mol. The predicted molar refractivity (Wildman–Crippen MR) is 91.9 cm³/mol. The molecule has 1 fully saturated rings. The molecule has 0 spiro atoms. The van der Waals surface area contributed by atoms with Crippen LogP contribution in [0, 0.1) is 0 Å². The van der Waals surface area contributed by atoms with Crippen LogP contribution in [-0.4, -0.2) is 37.7 Å². The first-order valence-corrected chi connectivity index (χ1v) is 8.66. The van der Waals surface area contributed by atoms with E-state index in [4.69, 9.17) is 4.74 Å². The molecule has 0 atom stereocenters. The number of likely N-dealkylation sites (N-methyl/N-ethyl adjacent to an activating group) is 1. The summed E-state index contributed by atoms with van der Waals surface area (Å²) in [5.41, 5.74) is 1.59. The Hall–Kier alpha value is -0.580. The molecule has 2 rings (SSSR count). The molecule has 0 saturated heterocycles. The van der Waals surface area contributed by atoms with E-state index in [0.717, 1.165) is 36.3 Å². The zero-order valence-corrected chi connectivity index (χ0v) is 15.0. The summed E-state index contributed by atoms with van der Waals surface area (Å²) in [6.45, 7) is 4.80. The molecule has 1 N–H and O–H groups in total. The molecule has 4 heteroatoms. The maximum absolute atomic E-state index is 5.84. The number of ether oxygens (including phenoxy) is 1. The number of rotatable bonds is 8. The molecule has 1 aliphatic carbocycles. The fourth-order valence-corrected chi connectivity index (χ4v) is 3.24. The minimum Gasteiger partial charge on any atom is -0.493 e. The summed E-state index contributed by atoms with van der Waals surface area (Å²) < 4.78 is 6.95. The Kier molecular flexibility index (Phi) is 6.08. The van der Waals surface area contributed by atoms with Crippen LogP contribution in [0.15, 0.2) is 22.7 Å².